The molecule has 3 N–H and O–H groups in total. The van der Waals surface area contributed by atoms with Gasteiger partial charge in [-0.2, -0.15) is 0 Å². The number of carbonyl (C=O) groups is 1. The molecule has 0 radical (unpaired) electrons. The van der Waals surface area contributed by atoms with Gasteiger partial charge in [-0.15, -0.1) is 0 Å². The molecule has 1 aromatic heterocycles. The van der Waals surface area contributed by atoms with E-state index in [1.807, 2.05) is 26.0 Å². The number of thiazole rings is 1. The molecule has 0 aliphatic carbocycles. The second-order valence-corrected chi connectivity index (χ2v) is 9.63. The summed E-state index contributed by atoms with van der Waals surface area (Å²) in [6.07, 6.45) is 1.64. The van der Waals surface area contributed by atoms with Crippen LogP contribution in [0.1, 0.15) is 33.3 Å². The summed E-state index contributed by atoms with van der Waals surface area (Å²) < 4.78 is 12.5. The first-order chi connectivity index (χ1) is 16.7. The molecule has 2 heterocycles. The first-order valence-corrected chi connectivity index (χ1v) is 12.4. The Hall–Kier alpha value is -2.86. The Kier molecular flexibility index (Phi) is 9.33. The lowest BCUT2D eigenvalue weighted by Gasteiger charge is -2.26. The highest BCUT2D eigenvalue weighted by Gasteiger charge is 2.20. The van der Waals surface area contributed by atoms with Gasteiger partial charge < -0.3 is 19.9 Å². The van der Waals surface area contributed by atoms with Gasteiger partial charge in [-0.1, -0.05) is 11.3 Å². The lowest BCUT2D eigenvalue weighted by Crippen LogP contribution is -2.38. The quantitative estimate of drug-likeness (QED) is 0.357. The Morgan fingerprint density at radius 3 is 2.80 bits per heavy atom. The van der Waals surface area contributed by atoms with E-state index in [2.05, 4.69) is 37.2 Å². The van der Waals surface area contributed by atoms with Crippen LogP contribution < -0.4 is 15.4 Å². The number of amides is 2. The molecule has 1 aliphatic heterocycles. The van der Waals surface area contributed by atoms with Gasteiger partial charge in [-0.25, -0.2) is 19.8 Å². The average molecular weight is 503 g/mol. The fourth-order valence-electron chi connectivity index (χ4n) is 3.47. The highest BCUT2D eigenvalue weighted by Crippen LogP contribution is 2.35. The van der Waals surface area contributed by atoms with E-state index >= 15 is 0 Å². The van der Waals surface area contributed by atoms with Gasteiger partial charge in [0.2, 0.25) is 0 Å². The summed E-state index contributed by atoms with van der Waals surface area (Å²) in [5.74, 6) is 0.911. The van der Waals surface area contributed by atoms with Gasteiger partial charge in [-0.05, 0) is 46.1 Å². The molecule has 3 rings (SSSR count). The topological polar surface area (TPSA) is 121 Å². The predicted octanol–water partition coefficient (Wildman–Crippen LogP) is 3.38. The number of urea groups is 1. The van der Waals surface area contributed by atoms with Crippen LogP contribution in [0.4, 0.5) is 9.93 Å². The summed E-state index contributed by atoms with van der Waals surface area (Å²) >= 11 is 1.38. The van der Waals surface area contributed by atoms with Gasteiger partial charge in [0.05, 0.1) is 23.4 Å². The number of nitrogens with zero attached hydrogens (tertiary/aromatic N) is 4. The van der Waals surface area contributed by atoms with Gasteiger partial charge in [0.15, 0.2) is 11.0 Å². The van der Waals surface area contributed by atoms with Crippen LogP contribution in [0.15, 0.2) is 28.3 Å². The number of amidine groups is 1. The molecule has 1 aromatic carbocycles. The van der Waals surface area contributed by atoms with E-state index in [0.717, 1.165) is 54.2 Å². The third-order valence-electron chi connectivity index (χ3n) is 5.32. The molecule has 1 fully saturated rings. The summed E-state index contributed by atoms with van der Waals surface area (Å²) in [7, 11) is 0. The van der Waals surface area contributed by atoms with E-state index in [1.165, 1.54) is 11.3 Å². The molecule has 0 bridgehead atoms. The summed E-state index contributed by atoms with van der Waals surface area (Å²) in [5, 5.41) is 16.2. The van der Waals surface area contributed by atoms with E-state index in [1.54, 1.807) is 20.0 Å². The molecule has 1 saturated heterocycles. The van der Waals surface area contributed by atoms with Crippen molar-refractivity contribution in [2.45, 2.75) is 33.3 Å². The second-order valence-electron chi connectivity index (χ2n) is 8.60. The van der Waals surface area contributed by atoms with Crippen LogP contribution in [-0.2, 0) is 4.74 Å². The first-order valence-electron chi connectivity index (χ1n) is 11.6. The molecule has 2 aromatic rings. The lowest BCUT2D eigenvalue weighted by molar-refractivity contribution is 0.0322. The number of aliphatic imine (C=N–C) groups is 2. The standard InChI is InChI=1S/C24H34N6O4S/c1-6-26-22(31)29-23-28-18-13-17(16(2)15-27-21(25-5)24(3,4)32)19(14-20(18)35-23)34-12-9-30-7-10-33-11-8-30/h13-15,32H,5-12H2,1-4H3,(H2,26,28,29,31)/b16-15+,27-21?. The summed E-state index contributed by atoms with van der Waals surface area (Å²) in [6.45, 7) is 15.6. The molecule has 0 unspecified atom stereocenters. The number of ether oxygens (including phenoxy) is 2. The van der Waals surface area contributed by atoms with Crippen molar-refractivity contribution in [1.29, 1.82) is 0 Å². The monoisotopic (exact) mass is 502 g/mol. The molecule has 0 atom stereocenters. The number of hydrogen-bond donors (Lipinski definition) is 3. The Morgan fingerprint density at radius 2 is 2.14 bits per heavy atom. The molecule has 10 nitrogen and oxygen atoms in total. The van der Waals surface area contributed by atoms with Crippen LogP contribution in [0.2, 0.25) is 0 Å². The van der Waals surface area contributed by atoms with Crippen LogP contribution >= 0.6 is 11.3 Å². The number of allylic oxidation sites excluding steroid dienone is 1. The fraction of sp³-hybridized carbons (Fsp3) is 0.500. The SMILES string of the molecule is C=NC(=N/C=C(\C)c1cc2nc(NC(=O)NCC)sc2cc1OCCN1CCOCC1)C(C)(C)O. The molecule has 11 heteroatoms. The van der Waals surface area contributed by atoms with E-state index < -0.39 is 5.60 Å². The van der Waals surface area contributed by atoms with E-state index in [0.29, 0.717) is 24.0 Å². The summed E-state index contributed by atoms with van der Waals surface area (Å²) in [6, 6.07) is 3.56. The molecule has 0 saturated carbocycles. The molecule has 1 aliphatic rings. The van der Waals surface area contributed by atoms with Crippen molar-refractivity contribution in [2.24, 2.45) is 9.98 Å². The third-order valence-corrected chi connectivity index (χ3v) is 6.25. The normalized spacial score (nSPS) is 15.8. The van der Waals surface area contributed by atoms with Crippen LogP contribution in [0, 0.1) is 0 Å². The number of benzene rings is 1. The minimum absolute atomic E-state index is 0.217. The van der Waals surface area contributed by atoms with Crippen molar-refractivity contribution < 1.29 is 19.4 Å². The van der Waals surface area contributed by atoms with Crippen LogP contribution in [0.25, 0.3) is 15.8 Å². The first kappa shape index (κ1) is 26.7. The Bertz CT molecular complexity index is 1100. The fourth-order valence-corrected chi connectivity index (χ4v) is 4.34. The second kappa shape index (κ2) is 12.2. The number of carbonyl (C=O) groups excluding carboxylic acids is 1. The number of aliphatic hydroxyl groups is 1. The average Bonchev–Trinajstić information content (AvgIpc) is 3.19. The van der Waals surface area contributed by atoms with Crippen LogP contribution in [-0.4, -0.2) is 85.2 Å². The van der Waals surface area contributed by atoms with E-state index in [4.69, 9.17) is 9.47 Å². The van der Waals surface area contributed by atoms with Crippen molar-refractivity contribution in [3.63, 3.8) is 0 Å². The molecule has 190 valence electrons. The lowest BCUT2D eigenvalue weighted by atomic mass is 10.1. The number of nitrogens with one attached hydrogen (secondary N) is 2. The third kappa shape index (κ3) is 7.56. The number of hydrogen-bond acceptors (Lipinski definition) is 8. The van der Waals surface area contributed by atoms with Crippen molar-refractivity contribution >= 4 is 50.8 Å². The molecular weight excluding hydrogens is 468 g/mol. The zero-order valence-corrected chi connectivity index (χ0v) is 21.6. The highest BCUT2D eigenvalue weighted by molar-refractivity contribution is 7.22. The van der Waals surface area contributed by atoms with Crippen molar-refractivity contribution in [3.8, 4) is 5.75 Å². The van der Waals surface area contributed by atoms with E-state index in [-0.39, 0.29) is 11.9 Å². The van der Waals surface area contributed by atoms with Gasteiger partial charge >= 0.3 is 6.03 Å². The number of anilines is 1. The zero-order valence-electron chi connectivity index (χ0n) is 20.8. The van der Waals surface area contributed by atoms with Crippen LogP contribution in [0.3, 0.4) is 0 Å². The maximum atomic E-state index is 11.9. The summed E-state index contributed by atoms with van der Waals surface area (Å²) in [5.41, 5.74) is 1.15. The van der Waals surface area contributed by atoms with Gasteiger partial charge in [0, 0.05) is 44.0 Å². The maximum absolute atomic E-state index is 11.9. The Balaban J connectivity index is 1.91. The minimum atomic E-state index is -1.21. The Labute approximate surface area is 209 Å². The molecule has 2 amide bonds. The Morgan fingerprint density at radius 1 is 1.40 bits per heavy atom. The van der Waals surface area contributed by atoms with Gasteiger partial charge in [0.25, 0.3) is 0 Å². The molecular formula is C24H34N6O4S. The van der Waals surface area contributed by atoms with Crippen molar-refractivity contribution in [2.75, 3.05) is 51.3 Å². The highest BCUT2D eigenvalue weighted by atomic mass is 32.1. The number of aromatic nitrogens is 1. The van der Waals surface area contributed by atoms with E-state index in [9.17, 15) is 9.90 Å². The van der Waals surface area contributed by atoms with Crippen molar-refractivity contribution in [1.82, 2.24) is 15.2 Å². The smallest absolute Gasteiger partial charge is 0.321 e. The minimum Gasteiger partial charge on any atom is -0.492 e. The molecule has 0 spiro atoms. The number of fused-ring (bicyclic) bond motifs is 1. The van der Waals surface area contributed by atoms with Crippen LogP contribution in [0.5, 0.6) is 5.75 Å². The van der Waals surface area contributed by atoms with Crippen molar-refractivity contribution in [3.05, 3.63) is 23.9 Å². The largest absolute Gasteiger partial charge is 0.492 e. The predicted molar refractivity (Wildman–Crippen MR) is 142 cm³/mol. The molecule has 35 heavy (non-hydrogen) atoms. The number of morpholine rings is 1. The zero-order chi connectivity index (χ0) is 25.4. The van der Waals surface area contributed by atoms with Gasteiger partial charge in [0.1, 0.15) is 18.0 Å². The maximum Gasteiger partial charge on any atom is 0.321 e. The summed E-state index contributed by atoms with van der Waals surface area (Å²) in [4.78, 5) is 27.0. The van der Waals surface area contributed by atoms with Gasteiger partial charge in [-0.3, -0.25) is 10.2 Å². The number of rotatable bonds is 9.